The second-order valence-corrected chi connectivity index (χ2v) is 6.99. The fourth-order valence-corrected chi connectivity index (χ4v) is 3.05. The Hall–Kier alpha value is -1.42. The average Bonchev–Trinajstić information content (AvgIpc) is 2.94. The Balaban J connectivity index is 0.00000338. The van der Waals surface area contributed by atoms with Crippen molar-refractivity contribution < 1.29 is 4.74 Å². The molecule has 0 unspecified atom stereocenters. The van der Waals surface area contributed by atoms with Gasteiger partial charge in [-0.3, -0.25) is 4.99 Å². The van der Waals surface area contributed by atoms with Gasteiger partial charge in [-0.2, -0.15) is 0 Å². The van der Waals surface area contributed by atoms with Crippen LogP contribution in [0.15, 0.2) is 23.3 Å². The molecule has 0 aliphatic rings. The lowest BCUT2D eigenvalue weighted by Crippen LogP contribution is -2.36. The van der Waals surface area contributed by atoms with E-state index in [1.807, 2.05) is 19.1 Å². The van der Waals surface area contributed by atoms with Gasteiger partial charge < -0.3 is 15.4 Å². The largest absolute Gasteiger partial charge is 0.477 e. The van der Waals surface area contributed by atoms with E-state index in [-0.39, 0.29) is 24.0 Å². The van der Waals surface area contributed by atoms with E-state index in [4.69, 9.17) is 4.74 Å². The van der Waals surface area contributed by atoms with Crippen molar-refractivity contribution in [2.75, 3.05) is 13.7 Å². The van der Waals surface area contributed by atoms with Crippen LogP contribution in [-0.2, 0) is 13.1 Å². The van der Waals surface area contributed by atoms with Crippen molar-refractivity contribution in [3.63, 3.8) is 0 Å². The highest BCUT2D eigenvalue weighted by molar-refractivity contribution is 14.0. The lowest BCUT2D eigenvalue weighted by molar-refractivity contribution is 0.294. The molecule has 0 aromatic carbocycles. The van der Waals surface area contributed by atoms with Crippen LogP contribution in [0, 0.1) is 13.8 Å². The molecule has 0 radical (unpaired) electrons. The first kappa shape index (κ1) is 22.6. The summed E-state index contributed by atoms with van der Waals surface area (Å²) in [5, 5.41) is 7.66. The lowest BCUT2D eigenvalue weighted by atomic mass is 10.2. The summed E-state index contributed by atoms with van der Waals surface area (Å²) in [6, 6.07) is 3.93. The van der Waals surface area contributed by atoms with Crippen molar-refractivity contribution in [3.05, 3.63) is 39.5 Å². The molecule has 0 aliphatic carbocycles. The van der Waals surface area contributed by atoms with Crippen LogP contribution >= 0.6 is 35.3 Å². The molecule has 0 spiro atoms. The Bertz CT molecular complexity index is 685. The molecule has 0 fully saturated rings. The van der Waals surface area contributed by atoms with Crippen molar-refractivity contribution in [1.82, 2.24) is 20.6 Å². The number of hydrogen-bond donors (Lipinski definition) is 2. The van der Waals surface area contributed by atoms with Gasteiger partial charge in [-0.05, 0) is 26.3 Å². The van der Waals surface area contributed by atoms with E-state index in [0.29, 0.717) is 25.6 Å². The smallest absolute Gasteiger partial charge is 0.218 e. The Kier molecular flexibility index (Phi) is 10.5. The van der Waals surface area contributed by atoms with Gasteiger partial charge in [0, 0.05) is 30.2 Å². The first-order valence-electron chi connectivity index (χ1n) is 8.58. The van der Waals surface area contributed by atoms with Crippen LogP contribution in [0.2, 0.25) is 0 Å². The molecule has 0 saturated heterocycles. The summed E-state index contributed by atoms with van der Waals surface area (Å²) in [4.78, 5) is 14.4. The topological polar surface area (TPSA) is 71.4 Å². The number of unbranched alkanes of at least 4 members (excludes halogenated alkanes) is 1. The minimum atomic E-state index is 0. The molecular weight excluding hydrogens is 461 g/mol. The quantitative estimate of drug-likeness (QED) is 0.255. The number of aliphatic imine (C=N–C) groups is 1. The molecule has 2 aromatic heterocycles. The number of halogens is 1. The zero-order chi connectivity index (χ0) is 18.1. The minimum Gasteiger partial charge on any atom is -0.477 e. The summed E-state index contributed by atoms with van der Waals surface area (Å²) in [5.74, 6) is 1.42. The third kappa shape index (κ3) is 7.06. The van der Waals surface area contributed by atoms with Gasteiger partial charge in [0.05, 0.1) is 18.8 Å². The number of aromatic nitrogens is 2. The Morgan fingerprint density at radius 2 is 2.04 bits per heavy atom. The first-order valence-corrected chi connectivity index (χ1v) is 9.39. The molecule has 0 amide bonds. The van der Waals surface area contributed by atoms with Crippen LogP contribution in [0.5, 0.6) is 5.88 Å². The van der Waals surface area contributed by atoms with Gasteiger partial charge in [-0.25, -0.2) is 9.97 Å². The summed E-state index contributed by atoms with van der Waals surface area (Å²) in [5.41, 5.74) is 2.11. The molecule has 2 rings (SSSR count). The Labute approximate surface area is 176 Å². The second kappa shape index (κ2) is 12.1. The van der Waals surface area contributed by atoms with Gasteiger partial charge in [0.2, 0.25) is 5.88 Å². The Morgan fingerprint density at radius 3 is 2.69 bits per heavy atom. The standard InChI is InChI=1S/C18H27N5OS.HI/c1-5-6-10-24-17-15(8-7-9-20-17)11-21-18(19-4)22-12-16-23-13(2)14(3)25-16;/h7-9H,5-6,10-12H2,1-4H3,(H2,19,21,22);1H. The van der Waals surface area contributed by atoms with E-state index in [0.717, 1.165) is 35.1 Å². The highest BCUT2D eigenvalue weighted by atomic mass is 127. The first-order chi connectivity index (χ1) is 12.1. The molecule has 8 heteroatoms. The second-order valence-electron chi connectivity index (χ2n) is 5.70. The van der Waals surface area contributed by atoms with Crippen LogP contribution < -0.4 is 15.4 Å². The maximum absolute atomic E-state index is 5.77. The molecule has 2 heterocycles. The van der Waals surface area contributed by atoms with Crippen LogP contribution in [-0.4, -0.2) is 29.6 Å². The normalized spacial score (nSPS) is 11.0. The molecule has 26 heavy (non-hydrogen) atoms. The number of ether oxygens (including phenoxy) is 1. The van der Waals surface area contributed by atoms with Gasteiger partial charge in [0.15, 0.2) is 5.96 Å². The summed E-state index contributed by atoms with van der Waals surface area (Å²) in [6.07, 6.45) is 3.89. The maximum atomic E-state index is 5.77. The van der Waals surface area contributed by atoms with E-state index in [1.165, 1.54) is 4.88 Å². The van der Waals surface area contributed by atoms with Crippen LogP contribution in [0.1, 0.15) is 40.9 Å². The number of hydrogen-bond acceptors (Lipinski definition) is 5. The van der Waals surface area contributed by atoms with E-state index >= 15 is 0 Å². The monoisotopic (exact) mass is 489 g/mol. The summed E-state index contributed by atoms with van der Waals surface area (Å²) < 4.78 is 5.77. The fourth-order valence-electron chi connectivity index (χ4n) is 2.18. The van der Waals surface area contributed by atoms with E-state index in [2.05, 4.69) is 39.4 Å². The highest BCUT2D eigenvalue weighted by Gasteiger charge is 2.07. The van der Waals surface area contributed by atoms with Gasteiger partial charge in [-0.15, -0.1) is 35.3 Å². The van der Waals surface area contributed by atoms with E-state index < -0.39 is 0 Å². The maximum Gasteiger partial charge on any atom is 0.218 e. The zero-order valence-corrected chi connectivity index (χ0v) is 19.0. The highest BCUT2D eigenvalue weighted by Crippen LogP contribution is 2.16. The van der Waals surface area contributed by atoms with Gasteiger partial charge in [-0.1, -0.05) is 19.4 Å². The molecule has 2 N–H and O–H groups in total. The molecule has 0 saturated carbocycles. The lowest BCUT2D eigenvalue weighted by Gasteiger charge is -2.13. The molecule has 6 nitrogen and oxygen atoms in total. The summed E-state index contributed by atoms with van der Waals surface area (Å²) in [7, 11) is 1.76. The Morgan fingerprint density at radius 1 is 1.27 bits per heavy atom. The molecule has 0 aliphatic heterocycles. The number of aryl methyl sites for hydroxylation is 2. The van der Waals surface area contributed by atoms with Crippen LogP contribution in [0.3, 0.4) is 0 Å². The number of pyridine rings is 1. The van der Waals surface area contributed by atoms with Crippen molar-refractivity contribution in [2.45, 2.75) is 46.7 Å². The number of nitrogens with zero attached hydrogens (tertiary/aromatic N) is 3. The van der Waals surface area contributed by atoms with Crippen molar-refractivity contribution in [3.8, 4) is 5.88 Å². The van der Waals surface area contributed by atoms with Crippen molar-refractivity contribution in [1.29, 1.82) is 0 Å². The average molecular weight is 489 g/mol. The number of guanidine groups is 1. The predicted octanol–water partition coefficient (Wildman–Crippen LogP) is 3.82. The third-order valence-corrected chi connectivity index (χ3v) is 4.81. The summed E-state index contributed by atoms with van der Waals surface area (Å²) >= 11 is 1.71. The van der Waals surface area contributed by atoms with Crippen molar-refractivity contribution in [2.24, 2.45) is 4.99 Å². The van der Waals surface area contributed by atoms with Gasteiger partial charge in [0.25, 0.3) is 0 Å². The van der Waals surface area contributed by atoms with Gasteiger partial charge in [0.1, 0.15) is 5.01 Å². The van der Waals surface area contributed by atoms with E-state index in [1.54, 1.807) is 24.6 Å². The molecule has 0 bridgehead atoms. The van der Waals surface area contributed by atoms with Crippen LogP contribution in [0.4, 0.5) is 0 Å². The number of thiazole rings is 1. The predicted molar refractivity (Wildman–Crippen MR) is 119 cm³/mol. The molecule has 144 valence electrons. The van der Waals surface area contributed by atoms with Gasteiger partial charge >= 0.3 is 0 Å². The fraction of sp³-hybridized carbons (Fsp3) is 0.500. The van der Waals surface area contributed by atoms with Crippen LogP contribution in [0.25, 0.3) is 0 Å². The number of nitrogens with one attached hydrogen (secondary N) is 2. The number of rotatable bonds is 8. The molecule has 2 aromatic rings. The van der Waals surface area contributed by atoms with Crippen molar-refractivity contribution >= 4 is 41.3 Å². The molecule has 0 atom stereocenters. The molecular formula is C18H28IN5OS. The van der Waals surface area contributed by atoms with E-state index in [9.17, 15) is 0 Å². The third-order valence-electron chi connectivity index (χ3n) is 3.74. The zero-order valence-electron chi connectivity index (χ0n) is 15.8. The minimum absolute atomic E-state index is 0. The summed E-state index contributed by atoms with van der Waals surface area (Å²) in [6.45, 7) is 8.22. The SMILES string of the molecule is CCCCOc1ncccc1CNC(=NC)NCc1nc(C)c(C)s1.I.